The summed E-state index contributed by atoms with van der Waals surface area (Å²) in [5.74, 6) is 0.453. The summed E-state index contributed by atoms with van der Waals surface area (Å²) in [5.41, 5.74) is 2.08. The zero-order valence-electron chi connectivity index (χ0n) is 12.8. The third kappa shape index (κ3) is 4.12. The molecule has 2 aromatic carbocycles. The van der Waals surface area contributed by atoms with E-state index in [1.165, 1.54) is 6.20 Å². The Balaban J connectivity index is 1.61. The summed E-state index contributed by atoms with van der Waals surface area (Å²) in [6.45, 7) is 0.484. The minimum absolute atomic E-state index is 0.250. The van der Waals surface area contributed by atoms with Crippen molar-refractivity contribution >= 4 is 23.2 Å². The average molecular weight is 339 g/mol. The molecule has 4 nitrogen and oxygen atoms in total. The maximum atomic E-state index is 12.2. The Bertz CT molecular complexity index is 820. The number of carbonyl (C=O) groups is 1. The van der Waals surface area contributed by atoms with Crippen LogP contribution in [0, 0.1) is 0 Å². The van der Waals surface area contributed by atoms with Gasteiger partial charge in [0.25, 0.3) is 5.91 Å². The first-order valence-electron chi connectivity index (χ1n) is 7.40. The first-order valence-corrected chi connectivity index (χ1v) is 7.78. The quantitative estimate of drug-likeness (QED) is 0.741. The van der Waals surface area contributed by atoms with E-state index in [1.807, 2.05) is 30.3 Å². The molecule has 0 radical (unpaired) electrons. The minimum Gasteiger partial charge on any atom is -0.489 e. The maximum Gasteiger partial charge on any atom is 0.255 e. The van der Waals surface area contributed by atoms with E-state index in [4.69, 9.17) is 16.3 Å². The first kappa shape index (κ1) is 16.0. The molecule has 24 heavy (non-hydrogen) atoms. The van der Waals surface area contributed by atoms with Crippen LogP contribution in [0.2, 0.25) is 5.02 Å². The Kier molecular flexibility index (Phi) is 5.08. The molecule has 0 unspecified atom stereocenters. The zero-order chi connectivity index (χ0) is 16.8. The molecule has 0 saturated carbocycles. The van der Waals surface area contributed by atoms with Gasteiger partial charge in [-0.05, 0) is 35.9 Å². The van der Waals surface area contributed by atoms with Crippen molar-refractivity contribution in [2.75, 3.05) is 5.32 Å². The van der Waals surface area contributed by atoms with Crippen molar-refractivity contribution in [2.24, 2.45) is 0 Å². The number of nitrogens with zero attached hydrogens (tertiary/aromatic N) is 1. The van der Waals surface area contributed by atoms with Gasteiger partial charge in [0.15, 0.2) is 0 Å². The molecule has 0 aliphatic rings. The van der Waals surface area contributed by atoms with Crippen molar-refractivity contribution < 1.29 is 9.53 Å². The largest absolute Gasteiger partial charge is 0.489 e. The second-order valence-corrected chi connectivity index (χ2v) is 5.52. The van der Waals surface area contributed by atoms with E-state index in [-0.39, 0.29) is 5.91 Å². The van der Waals surface area contributed by atoms with Crippen molar-refractivity contribution in [1.82, 2.24) is 4.98 Å². The Labute approximate surface area is 145 Å². The SMILES string of the molecule is O=C(Nc1cnccc1Cl)c1ccc(OCc2ccccc2)cc1. The molecule has 1 heterocycles. The number of anilines is 1. The fourth-order valence-corrected chi connectivity index (χ4v) is 2.26. The summed E-state index contributed by atoms with van der Waals surface area (Å²) in [7, 11) is 0. The van der Waals surface area contributed by atoms with Gasteiger partial charge in [-0.15, -0.1) is 0 Å². The van der Waals surface area contributed by atoms with E-state index in [0.29, 0.717) is 28.6 Å². The van der Waals surface area contributed by atoms with Crippen molar-refractivity contribution in [1.29, 1.82) is 0 Å². The van der Waals surface area contributed by atoms with Crippen molar-refractivity contribution in [3.05, 3.63) is 89.2 Å². The molecule has 0 aliphatic carbocycles. The first-order chi connectivity index (χ1) is 11.7. The highest BCUT2D eigenvalue weighted by molar-refractivity contribution is 6.33. The van der Waals surface area contributed by atoms with Crippen LogP contribution >= 0.6 is 11.6 Å². The van der Waals surface area contributed by atoms with Crippen LogP contribution in [-0.4, -0.2) is 10.9 Å². The highest BCUT2D eigenvalue weighted by Gasteiger charge is 2.08. The van der Waals surface area contributed by atoms with Crippen LogP contribution in [0.4, 0.5) is 5.69 Å². The molecule has 0 fully saturated rings. The zero-order valence-corrected chi connectivity index (χ0v) is 13.5. The second kappa shape index (κ2) is 7.62. The van der Waals surface area contributed by atoms with Crippen LogP contribution < -0.4 is 10.1 Å². The number of halogens is 1. The van der Waals surface area contributed by atoms with E-state index >= 15 is 0 Å². The van der Waals surface area contributed by atoms with Gasteiger partial charge in [-0.25, -0.2) is 0 Å². The van der Waals surface area contributed by atoms with Gasteiger partial charge >= 0.3 is 0 Å². The monoisotopic (exact) mass is 338 g/mol. The normalized spacial score (nSPS) is 10.2. The van der Waals surface area contributed by atoms with E-state index in [9.17, 15) is 4.79 Å². The van der Waals surface area contributed by atoms with Crippen LogP contribution in [-0.2, 0) is 6.61 Å². The van der Waals surface area contributed by atoms with Crippen LogP contribution in [0.3, 0.4) is 0 Å². The number of hydrogen-bond donors (Lipinski definition) is 1. The van der Waals surface area contributed by atoms with E-state index < -0.39 is 0 Å². The highest BCUT2D eigenvalue weighted by Crippen LogP contribution is 2.20. The molecule has 0 saturated heterocycles. The molecule has 1 aromatic heterocycles. The number of pyridine rings is 1. The van der Waals surface area contributed by atoms with Crippen LogP contribution in [0.25, 0.3) is 0 Å². The fraction of sp³-hybridized carbons (Fsp3) is 0.0526. The molecule has 1 N–H and O–H groups in total. The molecule has 120 valence electrons. The predicted octanol–water partition coefficient (Wildman–Crippen LogP) is 4.57. The lowest BCUT2D eigenvalue weighted by Crippen LogP contribution is -2.12. The van der Waals surface area contributed by atoms with Gasteiger partial charge < -0.3 is 10.1 Å². The Hall–Kier alpha value is -2.85. The Morgan fingerprint density at radius 1 is 1.04 bits per heavy atom. The molecule has 1 amide bonds. The predicted molar refractivity (Wildman–Crippen MR) is 94.4 cm³/mol. The van der Waals surface area contributed by atoms with Crippen LogP contribution in [0.15, 0.2) is 73.1 Å². The maximum absolute atomic E-state index is 12.2. The number of rotatable bonds is 5. The smallest absolute Gasteiger partial charge is 0.255 e. The number of benzene rings is 2. The van der Waals surface area contributed by atoms with E-state index in [0.717, 1.165) is 5.56 Å². The van der Waals surface area contributed by atoms with E-state index in [2.05, 4.69) is 10.3 Å². The van der Waals surface area contributed by atoms with Gasteiger partial charge in [0, 0.05) is 11.8 Å². The summed E-state index contributed by atoms with van der Waals surface area (Å²) < 4.78 is 5.70. The standard InChI is InChI=1S/C19H15ClN2O2/c20-17-10-11-21-12-18(17)22-19(23)15-6-8-16(9-7-15)24-13-14-4-2-1-3-5-14/h1-12H,13H2,(H,22,23). The molecule has 0 aliphatic heterocycles. The van der Waals surface area contributed by atoms with Crippen molar-refractivity contribution in [2.45, 2.75) is 6.61 Å². The number of nitrogens with one attached hydrogen (secondary N) is 1. The molecular weight excluding hydrogens is 324 g/mol. The summed E-state index contributed by atoms with van der Waals surface area (Å²) in [6.07, 6.45) is 3.08. The van der Waals surface area contributed by atoms with Gasteiger partial charge in [0.2, 0.25) is 0 Å². The number of amides is 1. The van der Waals surface area contributed by atoms with Crippen molar-refractivity contribution in [3.63, 3.8) is 0 Å². The lowest BCUT2D eigenvalue weighted by molar-refractivity contribution is 0.102. The fourth-order valence-electron chi connectivity index (χ4n) is 2.11. The summed E-state index contributed by atoms with van der Waals surface area (Å²) in [5, 5.41) is 3.18. The minimum atomic E-state index is -0.250. The molecule has 3 rings (SSSR count). The topological polar surface area (TPSA) is 51.2 Å². The summed E-state index contributed by atoms with van der Waals surface area (Å²) in [4.78, 5) is 16.2. The van der Waals surface area contributed by atoms with Gasteiger partial charge in [0.05, 0.1) is 16.9 Å². The summed E-state index contributed by atoms with van der Waals surface area (Å²) >= 11 is 6.01. The molecule has 5 heteroatoms. The van der Waals surface area contributed by atoms with Crippen LogP contribution in [0.1, 0.15) is 15.9 Å². The summed E-state index contributed by atoms with van der Waals surface area (Å²) in [6, 6.07) is 18.5. The molecule has 0 atom stereocenters. The Morgan fingerprint density at radius 2 is 1.79 bits per heavy atom. The number of hydrogen-bond acceptors (Lipinski definition) is 3. The third-order valence-electron chi connectivity index (χ3n) is 3.38. The molecule has 0 bridgehead atoms. The number of carbonyl (C=O) groups excluding carboxylic acids is 1. The number of aromatic nitrogens is 1. The highest BCUT2D eigenvalue weighted by atomic mass is 35.5. The van der Waals surface area contributed by atoms with Crippen LogP contribution in [0.5, 0.6) is 5.75 Å². The molecule has 3 aromatic rings. The number of ether oxygens (including phenoxy) is 1. The van der Waals surface area contributed by atoms with Gasteiger partial charge in [-0.1, -0.05) is 41.9 Å². The third-order valence-corrected chi connectivity index (χ3v) is 3.71. The lowest BCUT2D eigenvalue weighted by atomic mass is 10.2. The van der Waals surface area contributed by atoms with Gasteiger partial charge in [0.1, 0.15) is 12.4 Å². The van der Waals surface area contributed by atoms with Crippen molar-refractivity contribution in [3.8, 4) is 5.75 Å². The van der Waals surface area contributed by atoms with E-state index in [1.54, 1.807) is 36.5 Å². The average Bonchev–Trinajstić information content (AvgIpc) is 2.63. The Morgan fingerprint density at radius 3 is 2.50 bits per heavy atom. The molecular formula is C19H15ClN2O2. The lowest BCUT2D eigenvalue weighted by Gasteiger charge is -2.08. The second-order valence-electron chi connectivity index (χ2n) is 5.11. The van der Waals surface area contributed by atoms with Gasteiger partial charge in [-0.2, -0.15) is 0 Å². The van der Waals surface area contributed by atoms with Gasteiger partial charge in [-0.3, -0.25) is 9.78 Å². The molecule has 0 spiro atoms.